The minimum Gasteiger partial charge on any atom is -0.492 e. The normalized spacial score (nSPS) is 12.5. The summed E-state index contributed by atoms with van der Waals surface area (Å²) in [5, 5.41) is 5.69. The van der Waals surface area contributed by atoms with Gasteiger partial charge in [0.05, 0.1) is 24.0 Å². The number of rotatable bonds is 8. The van der Waals surface area contributed by atoms with E-state index in [1.54, 1.807) is 0 Å². The standard InChI is InChI=1S/C25H23ClIN2OP/c1-2-23(18-6-4-3-5-7-18)25(19-8-11-22(12-9-19)30-15-14-26)20-10-13-24-21(16-20)17-28-29(24)31-27/h3-13,16-17,31H,2,14-15H2,1H3/b25-23+. The number of benzene rings is 3. The number of allylic oxidation sites excluding steroid dienone is 1. The number of hydrogen-bond donors (Lipinski definition) is 0. The molecule has 0 spiro atoms. The van der Waals surface area contributed by atoms with Crippen molar-refractivity contribution in [3.8, 4) is 5.75 Å². The van der Waals surface area contributed by atoms with Crippen molar-refractivity contribution < 1.29 is 4.74 Å². The van der Waals surface area contributed by atoms with Crippen LogP contribution in [0.3, 0.4) is 0 Å². The third-order valence-electron chi connectivity index (χ3n) is 5.20. The van der Waals surface area contributed by atoms with Gasteiger partial charge in [0.1, 0.15) is 12.4 Å². The van der Waals surface area contributed by atoms with Gasteiger partial charge in [-0.3, -0.25) is 0 Å². The van der Waals surface area contributed by atoms with Crippen molar-refractivity contribution in [1.82, 2.24) is 9.55 Å². The summed E-state index contributed by atoms with van der Waals surface area (Å²) in [5.74, 6) is 1.31. The summed E-state index contributed by atoms with van der Waals surface area (Å²) in [6, 6.07) is 25.6. The van der Waals surface area contributed by atoms with Gasteiger partial charge >= 0.3 is 0 Å². The van der Waals surface area contributed by atoms with Crippen molar-refractivity contribution in [2.24, 2.45) is 0 Å². The van der Waals surface area contributed by atoms with E-state index in [2.05, 4.69) is 94.7 Å². The molecule has 1 atom stereocenters. The molecule has 0 saturated carbocycles. The minimum atomic E-state index is 0.479. The Morgan fingerprint density at radius 3 is 2.42 bits per heavy atom. The van der Waals surface area contributed by atoms with Crippen LogP contribution in [0.4, 0.5) is 0 Å². The zero-order valence-electron chi connectivity index (χ0n) is 17.2. The van der Waals surface area contributed by atoms with E-state index in [9.17, 15) is 0 Å². The number of hydrogen-bond acceptors (Lipinski definition) is 2. The number of fused-ring (bicyclic) bond motifs is 1. The second kappa shape index (κ2) is 10.6. The van der Waals surface area contributed by atoms with Gasteiger partial charge in [0.15, 0.2) is 0 Å². The maximum Gasteiger partial charge on any atom is 0.119 e. The summed E-state index contributed by atoms with van der Waals surface area (Å²) >= 11 is 8.13. The molecule has 3 aromatic carbocycles. The highest BCUT2D eigenvalue weighted by atomic mass is 127. The molecule has 4 aromatic rings. The van der Waals surface area contributed by atoms with E-state index in [1.807, 2.05) is 22.8 Å². The molecule has 0 saturated heterocycles. The summed E-state index contributed by atoms with van der Waals surface area (Å²) < 4.78 is 7.73. The molecule has 3 nitrogen and oxygen atoms in total. The van der Waals surface area contributed by atoms with Gasteiger partial charge < -0.3 is 4.74 Å². The lowest BCUT2D eigenvalue weighted by molar-refractivity contribution is 0.343. The number of ether oxygens (including phenoxy) is 1. The predicted octanol–water partition coefficient (Wildman–Crippen LogP) is 7.81. The summed E-state index contributed by atoms with van der Waals surface area (Å²) in [4.78, 5) is 0. The molecule has 4 rings (SSSR count). The van der Waals surface area contributed by atoms with Crippen LogP contribution in [0, 0.1) is 0 Å². The fraction of sp³-hybridized carbons (Fsp3) is 0.160. The Hall–Kier alpha value is -1.88. The van der Waals surface area contributed by atoms with E-state index in [-0.39, 0.29) is 0 Å². The third-order valence-corrected chi connectivity index (χ3v) is 7.24. The van der Waals surface area contributed by atoms with Gasteiger partial charge in [-0.05, 0) is 80.6 Å². The fourth-order valence-electron chi connectivity index (χ4n) is 3.81. The number of halogens is 2. The molecule has 158 valence electrons. The maximum absolute atomic E-state index is 5.76. The Labute approximate surface area is 202 Å². The van der Waals surface area contributed by atoms with Crippen LogP contribution in [0.1, 0.15) is 30.0 Å². The summed E-state index contributed by atoms with van der Waals surface area (Å²) in [6.45, 7) is 2.72. The lowest BCUT2D eigenvalue weighted by Gasteiger charge is -2.17. The van der Waals surface area contributed by atoms with Crippen molar-refractivity contribution in [2.45, 2.75) is 13.3 Å². The third kappa shape index (κ3) is 4.97. The Balaban J connectivity index is 1.88. The average Bonchev–Trinajstić information content (AvgIpc) is 3.24. The van der Waals surface area contributed by atoms with Crippen molar-refractivity contribution in [3.63, 3.8) is 0 Å². The van der Waals surface area contributed by atoms with E-state index < -0.39 is 0 Å². The van der Waals surface area contributed by atoms with Crippen molar-refractivity contribution >= 4 is 62.1 Å². The number of nitrogens with zero attached hydrogens (tertiary/aromatic N) is 2. The first-order valence-corrected chi connectivity index (χ1v) is 14.8. The Morgan fingerprint density at radius 2 is 1.74 bits per heavy atom. The first-order valence-electron chi connectivity index (χ1n) is 10.2. The lowest BCUT2D eigenvalue weighted by Crippen LogP contribution is -1.99. The quantitative estimate of drug-likeness (QED) is 0.0951. The van der Waals surface area contributed by atoms with E-state index in [1.165, 1.54) is 33.4 Å². The van der Waals surface area contributed by atoms with Crippen LogP contribution in [0.5, 0.6) is 5.75 Å². The molecular weight excluding hydrogens is 538 g/mol. The largest absolute Gasteiger partial charge is 0.492 e. The molecular formula is C25H23ClIN2OP. The second-order valence-electron chi connectivity index (χ2n) is 7.05. The molecule has 0 aliphatic heterocycles. The molecule has 0 radical (unpaired) electrons. The highest BCUT2D eigenvalue weighted by Gasteiger charge is 2.15. The van der Waals surface area contributed by atoms with Gasteiger partial charge in [0, 0.05) is 5.39 Å². The molecule has 0 bridgehead atoms. The van der Waals surface area contributed by atoms with E-state index in [0.29, 0.717) is 18.9 Å². The SMILES string of the molecule is CC/C(=C(/c1ccc(OCCCl)cc1)c1ccc2c(cnn2PI)c1)c1ccccc1. The van der Waals surface area contributed by atoms with Gasteiger partial charge in [-0.2, -0.15) is 5.10 Å². The Morgan fingerprint density at radius 1 is 1.00 bits per heavy atom. The lowest BCUT2D eigenvalue weighted by atomic mass is 9.88. The summed E-state index contributed by atoms with van der Waals surface area (Å²) in [6.07, 6.45) is 3.47. The highest BCUT2D eigenvalue weighted by Crippen LogP contribution is 2.37. The zero-order chi connectivity index (χ0) is 21.6. The minimum absolute atomic E-state index is 0.479. The fourth-order valence-corrected chi connectivity index (χ4v) is 5.44. The van der Waals surface area contributed by atoms with Crippen LogP contribution in [-0.4, -0.2) is 22.0 Å². The molecule has 1 unspecified atom stereocenters. The summed E-state index contributed by atoms with van der Waals surface area (Å²) in [7, 11) is 0. The van der Waals surface area contributed by atoms with Crippen LogP contribution < -0.4 is 4.74 Å². The zero-order valence-corrected chi connectivity index (χ0v) is 21.1. The van der Waals surface area contributed by atoms with Crippen molar-refractivity contribution in [1.29, 1.82) is 0 Å². The van der Waals surface area contributed by atoms with Crippen molar-refractivity contribution in [2.75, 3.05) is 12.5 Å². The van der Waals surface area contributed by atoms with Gasteiger partial charge in [-0.1, -0.05) is 55.5 Å². The predicted molar refractivity (Wildman–Crippen MR) is 143 cm³/mol. The molecule has 6 heteroatoms. The Bertz CT molecular complexity index is 1190. The molecule has 0 aliphatic carbocycles. The van der Waals surface area contributed by atoms with Crippen LogP contribution in [0.15, 0.2) is 79.0 Å². The Kier molecular flexibility index (Phi) is 7.65. The van der Waals surface area contributed by atoms with Gasteiger partial charge in [0.2, 0.25) is 0 Å². The average molecular weight is 561 g/mol. The first-order chi connectivity index (χ1) is 15.2. The highest BCUT2D eigenvalue weighted by molar-refractivity contribution is 14.2. The monoisotopic (exact) mass is 560 g/mol. The molecule has 31 heavy (non-hydrogen) atoms. The van der Waals surface area contributed by atoms with Crippen LogP contribution in [-0.2, 0) is 0 Å². The van der Waals surface area contributed by atoms with Crippen LogP contribution in [0.2, 0.25) is 0 Å². The first kappa shape index (κ1) is 22.3. The smallest absolute Gasteiger partial charge is 0.119 e. The molecule has 1 aromatic heterocycles. The molecule has 0 aliphatic rings. The summed E-state index contributed by atoms with van der Waals surface area (Å²) in [5.41, 5.74) is 7.33. The van der Waals surface area contributed by atoms with E-state index >= 15 is 0 Å². The van der Waals surface area contributed by atoms with E-state index in [4.69, 9.17) is 16.3 Å². The molecule has 0 fully saturated rings. The topological polar surface area (TPSA) is 27.1 Å². The van der Waals surface area contributed by atoms with Crippen LogP contribution in [0.25, 0.3) is 22.0 Å². The van der Waals surface area contributed by atoms with Gasteiger partial charge in [0.25, 0.3) is 0 Å². The molecule has 0 amide bonds. The van der Waals surface area contributed by atoms with Crippen LogP contribution >= 0.6 is 40.0 Å². The number of aromatic nitrogens is 2. The molecule has 0 N–H and O–H groups in total. The van der Waals surface area contributed by atoms with Gasteiger partial charge in [-0.25, -0.2) is 4.45 Å². The van der Waals surface area contributed by atoms with Crippen molar-refractivity contribution in [3.05, 3.63) is 95.7 Å². The maximum atomic E-state index is 5.76. The molecule has 1 heterocycles. The van der Waals surface area contributed by atoms with E-state index in [0.717, 1.165) is 17.6 Å². The number of alkyl halides is 1. The second-order valence-corrected chi connectivity index (χ2v) is 9.47. The van der Waals surface area contributed by atoms with Gasteiger partial charge in [-0.15, -0.1) is 11.6 Å².